The van der Waals surface area contributed by atoms with Crippen LogP contribution < -0.4 is 10.2 Å². The average Bonchev–Trinajstić information content (AvgIpc) is 2.83. The number of nitrogens with one attached hydrogen (secondary N) is 1. The van der Waals surface area contributed by atoms with E-state index in [9.17, 15) is 0 Å². The lowest BCUT2D eigenvalue weighted by atomic mass is 9.96. The summed E-state index contributed by atoms with van der Waals surface area (Å²) in [6.07, 6.45) is 6.51. The van der Waals surface area contributed by atoms with Crippen molar-refractivity contribution in [2.75, 3.05) is 25.0 Å². The average molecular weight is 327 g/mol. The Morgan fingerprint density at radius 3 is 2.79 bits per heavy atom. The highest BCUT2D eigenvalue weighted by molar-refractivity contribution is 5.50. The van der Waals surface area contributed by atoms with E-state index in [1.165, 1.54) is 29.7 Å². The van der Waals surface area contributed by atoms with E-state index >= 15 is 0 Å². The van der Waals surface area contributed by atoms with E-state index in [0.29, 0.717) is 0 Å². The van der Waals surface area contributed by atoms with Crippen molar-refractivity contribution in [2.45, 2.75) is 52.0 Å². The van der Waals surface area contributed by atoms with Gasteiger partial charge in [0, 0.05) is 37.6 Å². The van der Waals surface area contributed by atoms with Gasteiger partial charge in [-0.15, -0.1) is 0 Å². The van der Waals surface area contributed by atoms with Crippen LogP contribution in [0.1, 0.15) is 46.9 Å². The van der Waals surface area contributed by atoms with Gasteiger partial charge >= 0.3 is 0 Å². The number of fused-ring (bicyclic) bond motifs is 2. The molecule has 2 aromatic rings. The Balaban J connectivity index is 1.64. The number of aryl methyl sites for hydroxylation is 2. The summed E-state index contributed by atoms with van der Waals surface area (Å²) in [5.41, 5.74) is 4.87. The predicted molar refractivity (Wildman–Crippen MR) is 92.3 cm³/mol. The van der Waals surface area contributed by atoms with Gasteiger partial charge in [0.1, 0.15) is 23.1 Å². The summed E-state index contributed by atoms with van der Waals surface area (Å²) in [5.74, 6) is 2.99. The molecule has 0 atom stereocenters. The minimum absolute atomic E-state index is 0.745. The Morgan fingerprint density at radius 1 is 1.04 bits per heavy atom. The van der Waals surface area contributed by atoms with Gasteiger partial charge in [0.2, 0.25) is 0 Å². The third-order valence-corrected chi connectivity index (χ3v) is 5.05. The molecule has 128 valence electrons. The van der Waals surface area contributed by atoms with Crippen LogP contribution in [0.2, 0.25) is 0 Å². The predicted octanol–water partition coefficient (Wildman–Crippen LogP) is 1.98. The lowest BCUT2D eigenvalue weighted by Gasteiger charge is -2.22. The SMILES string of the molecule is Cc1nc2c(c(N(C)Cc3noc4c3CCCC4)n1)CCNCC2. The number of aromatic nitrogens is 3. The van der Waals surface area contributed by atoms with Crippen molar-refractivity contribution in [2.24, 2.45) is 0 Å². The van der Waals surface area contributed by atoms with Crippen LogP contribution in [0.3, 0.4) is 0 Å². The van der Waals surface area contributed by atoms with E-state index in [0.717, 1.165) is 68.4 Å². The molecule has 0 bridgehead atoms. The zero-order chi connectivity index (χ0) is 16.5. The number of hydrogen-bond acceptors (Lipinski definition) is 6. The summed E-state index contributed by atoms with van der Waals surface area (Å²) in [5, 5.41) is 7.80. The van der Waals surface area contributed by atoms with Gasteiger partial charge in [0.15, 0.2) is 0 Å². The van der Waals surface area contributed by atoms with Crippen molar-refractivity contribution < 1.29 is 4.52 Å². The van der Waals surface area contributed by atoms with Crippen LogP contribution in [-0.4, -0.2) is 35.3 Å². The first-order valence-electron chi connectivity index (χ1n) is 8.97. The standard InChI is InChI=1S/C18H25N5O/c1-12-20-15-8-10-19-9-7-14(15)18(21-12)23(2)11-16-13-5-3-4-6-17(13)24-22-16/h19H,3-11H2,1-2H3. The molecule has 2 aliphatic rings. The van der Waals surface area contributed by atoms with Crippen LogP contribution in [0.4, 0.5) is 5.82 Å². The topological polar surface area (TPSA) is 67.1 Å². The maximum Gasteiger partial charge on any atom is 0.140 e. The molecule has 2 aromatic heterocycles. The van der Waals surface area contributed by atoms with Gasteiger partial charge in [-0.2, -0.15) is 0 Å². The van der Waals surface area contributed by atoms with Gasteiger partial charge < -0.3 is 14.7 Å². The highest BCUT2D eigenvalue weighted by atomic mass is 16.5. The molecular formula is C18H25N5O. The second-order valence-corrected chi connectivity index (χ2v) is 6.86. The largest absolute Gasteiger partial charge is 0.361 e. The van der Waals surface area contributed by atoms with E-state index in [1.54, 1.807) is 0 Å². The molecule has 0 unspecified atom stereocenters. The number of anilines is 1. The molecule has 4 rings (SSSR count). The van der Waals surface area contributed by atoms with Gasteiger partial charge in [-0.1, -0.05) is 5.16 Å². The van der Waals surface area contributed by atoms with E-state index in [4.69, 9.17) is 9.51 Å². The highest BCUT2D eigenvalue weighted by Gasteiger charge is 2.23. The van der Waals surface area contributed by atoms with Crippen molar-refractivity contribution in [3.05, 3.63) is 34.1 Å². The van der Waals surface area contributed by atoms with Crippen LogP contribution in [-0.2, 0) is 32.2 Å². The van der Waals surface area contributed by atoms with Crippen LogP contribution in [0, 0.1) is 6.92 Å². The summed E-state index contributed by atoms with van der Waals surface area (Å²) in [4.78, 5) is 11.6. The van der Waals surface area contributed by atoms with E-state index in [-0.39, 0.29) is 0 Å². The van der Waals surface area contributed by atoms with Crippen molar-refractivity contribution in [3.8, 4) is 0 Å². The lowest BCUT2D eigenvalue weighted by molar-refractivity contribution is 0.368. The first-order chi connectivity index (χ1) is 11.7. The number of rotatable bonds is 3. The Kier molecular flexibility index (Phi) is 4.22. The smallest absolute Gasteiger partial charge is 0.140 e. The second-order valence-electron chi connectivity index (χ2n) is 6.86. The van der Waals surface area contributed by atoms with Crippen LogP contribution in [0.25, 0.3) is 0 Å². The quantitative estimate of drug-likeness (QED) is 0.930. The summed E-state index contributed by atoms with van der Waals surface area (Å²) in [6, 6.07) is 0. The molecule has 6 heteroatoms. The molecule has 0 amide bonds. The van der Waals surface area contributed by atoms with Crippen molar-refractivity contribution in [3.63, 3.8) is 0 Å². The number of nitrogens with zero attached hydrogens (tertiary/aromatic N) is 4. The van der Waals surface area contributed by atoms with Gasteiger partial charge in [-0.05, 0) is 39.2 Å². The Labute approximate surface area is 142 Å². The summed E-state index contributed by atoms with van der Waals surface area (Å²) in [7, 11) is 2.10. The zero-order valence-electron chi connectivity index (χ0n) is 14.6. The molecule has 24 heavy (non-hydrogen) atoms. The first-order valence-corrected chi connectivity index (χ1v) is 8.97. The third kappa shape index (κ3) is 2.90. The fraction of sp³-hybridized carbons (Fsp3) is 0.611. The molecule has 0 radical (unpaired) electrons. The molecule has 6 nitrogen and oxygen atoms in total. The van der Waals surface area contributed by atoms with E-state index in [1.807, 2.05) is 6.92 Å². The van der Waals surface area contributed by atoms with Crippen LogP contribution >= 0.6 is 0 Å². The van der Waals surface area contributed by atoms with E-state index in [2.05, 4.69) is 27.4 Å². The molecule has 0 saturated carbocycles. The van der Waals surface area contributed by atoms with Crippen molar-refractivity contribution in [1.82, 2.24) is 20.4 Å². The minimum atomic E-state index is 0.745. The second kappa shape index (κ2) is 6.51. The first kappa shape index (κ1) is 15.6. The molecule has 1 N–H and O–H groups in total. The maximum absolute atomic E-state index is 5.56. The van der Waals surface area contributed by atoms with Crippen LogP contribution in [0.5, 0.6) is 0 Å². The molecule has 3 heterocycles. The fourth-order valence-corrected chi connectivity index (χ4v) is 3.83. The van der Waals surface area contributed by atoms with Gasteiger partial charge in [0.25, 0.3) is 0 Å². The van der Waals surface area contributed by atoms with Crippen LogP contribution in [0.15, 0.2) is 4.52 Å². The Bertz CT molecular complexity index is 739. The van der Waals surface area contributed by atoms with Gasteiger partial charge in [-0.3, -0.25) is 0 Å². The number of hydrogen-bond donors (Lipinski definition) is 1. The summed E-state index contributed by atoms with van der Waals surface area (Å²) >= 11 is 0. The summed E-state index contributed by atoms with van der Waals surface area (Å²) < 4.78 is 5.56. The van der Waals surface area contributed by atoms with Gasteiger partial charge in [-0.25, -0.2) is 9.97 Å². The maximum atomic E-state index is 5.56. The molecule has 0 aromatic carbocycles. The lowest BCUT2D eigenvalue weighted by Crippen LogP contribution is -2.23. The Morgan fingerprint density at radius 2 is 1.88 bits per heavy atom. The molecule has 0 saturated heterocycles. The molecule has 0 fully saturated rings. The monoisotopic (exact) mass is 327 g/mol. The minimum Gasteiger partial charge on any atom is -0.361 e. The highest BCUT2D eigenvalue weighted by Crippen LogP contribution is 2.28. The van der Waals surface area contributed by atoms with Crippen molar-refractivity contribution in [1.29, 1.82) is 0 Å². The third-order valence-electron chi connectivity index (χ3n) is 5.05. The van der Waals surface area contributed by atoms with Gasteiger partial charge in [0.05, 0.1) is 12.2 Å². The zero-order valence-corrected chi connectivity index (χ0v) is 14.6. The molecule has 1 aliphatic carbocycles. The van der Waals surface area contributed by atoms with Crippen molar-refractivity contribution >= 4 is 5.82 Å². The summed E-state index contributed by atoms with van der Waals surface area (Å²) in [6.45, 7) is 4.70. The van der Waals surface area contributed by atoms with E-state index < -0.39 is 0 Å². The molecule has 0 spiro atoms. The molecule has 1 aliphatic heterocycles. The Hall–Kier alpha value is -1.95. The normalized spacial score (nSPS) is 17.1. The molecular weight excluding hydrogens is 302 g/mol. The fourth-order valence-electron chi connectivity index (χ4n) is 3.83.